The third kappa shape index (κ3) is 3.61. The number of carbonyl (C=O) groups is 1. The molecule has 26 heavy (non-hydrogen) atoms. The van der Waals surface area contributed by atoms with Crippen LogP contribution in [0, 0.1) is 17.0 Å². The van der Waals surface area contributed by atoms with Gasteiger partial charge in [-0.25, -0.2) is 4.68 Å². The fraction of sp³-hybridized carbons (Fsp3) is 0.158. The van der Waals surface area contributed by atoms with Gasteiger partial charge in [0.25, 0.3) is 11.6 Å². The van der Waals surface area contributed by atoms with Crippen molar-refractivity contribution in [2.45, 2.75) is 20.3 Å². The minimum absolute atomic E-state index is 0.000715. The number of nitrogens with one attached hydrogen (secondary N) is 1. The van der Waals surface area contributed by atoms with Crippen molar-refractivity contribution in [3.05, 3.63) is 81.5 Å². The van der Waals surface area contributed by atoms with E-state index in [4.69, 9.17) is 0 Å². The van der Waals surface area contributed by atoms with E-state index in [9.17, 15) is 14.9 Å². The molecule has 1 N–H and O–H groups in total. The van der Waals surface area contributed by atoms with Gasteiger partial charge in [0.05, 0.1) is 16.3 Å². The number of rotatable bonds is 5. The maximum atomic E-state index is 12.5. The molecule has 132 valence electrons. The number of carbonyl (C=O) groups excluding carboxylic acids is 1. The number of aryl methyl sites for hydroxylation is 2. The maximum absolute atomic E-state index is 12.5. The summed E-state index contributed by atoms with van der Waals surface area (Å²) in [6, 6.07) is 15.2. The molecule has 7 heteroatoms. The smallest absolute Gasteiger partial charge is 0.269 e. The fourth-order valence-corrected chi connectivity index (χ4v) is 2.58. The Labute approximate surface area is 150 Å². The van der Waals surface area contributed by atoms with E-state index in [0.717, 1.165) is 17.7 Å². The highest BCUT2D eigenvalue weighted by Crippen LogP contribution is 2.20. The first-order chi connectivity index (χ1) is 12.5. The van der Waals surface area contributed by atoms with Gasteiger partial charge in [-0.05, 0) is 43.2 Å². The molecule has 0 unspecified atom stereocenters. The van der Waals surface area contributed by atoms with Crippen LogP contribution in [-0.4, -0.2) is 20.6 Å². The van der Waals surface area contributed by atoms with E-state index in [2.05, 4.69) is 17.3 Å². The lowest BCUT2D eigenvalue weighted by atomic mass is 10.1. The number of anilines is 1. The van der Waals surface area contributed by atoms with Gasteiger partial charge in [0.1, 0.15) is 5.82 Å². The largest absolute Gasteiger partial charge is 0.306 e. The molecule has 0 fully saturated rings. The van der Waals surface area contributed by atoms with Crippen molar-refractivity contribution in [1.82, 2.24) is 9.78 Å². The van der Waals surface area contributed by atoms with Crippen LogP contribution in [0.1, 0.15) is 28.5 Å². The second-order valence-electron chi connectivity index (χ2n) is 5.86. The Morgan fingerprint density at radius 1 is 1.15 bits per heavy atom. The van der Waals surface area contributed by atoms with Crippen LogP contribution in [0.2, 0.25) is 0 Å². The van der Waals surface area contributed by atoms with Crippen molar-refractivity contribution < 1.29 is 9.72 Å². The average molecular weight is 350 g/mol. The molecule has 3 aromatic rings. The van der Waals surface area contributed by atoms with Gasteiger partial charge in [0.2, 0.25) is 0 Å². The Bertz CT molecular complexity index is 944. The summed E-state index contributed by atoms with van der Waals surface area (Å²) >= 11 is 0. The molecule has 1 aromatic heterocycles. The van der Waals surface area contributed by atoms with Crippen LogP contribution >= 0.6 is 0 Å². The zero-order valence-electron chi connectivity index (χ0n) is 14.5. The molecular weight excluding hydrogens is 332 g/mol. The minimum Gasteiger partial charge on any atom is -0.306 e. The summed E-state index contributed by atoms with van der Waals surface area (Å²) in [6.45, 7) is 3.87. The zero-order chi connectivity index (χ0) is 18.7. The summed E-state index contributed by atoms with van der Waals surface area (Å²) in [5.74, 6) is 0.261. The Morgan fingerprint density at radius 2 is 1.81 bits per heavy atom. The van der Waals surface area contributed by atoms with Gasteiger partial charge in [0.15, 0.2) is 0 Å². The van der Waals surface area contributed by atoms with E-state index in [1.54, 1.807) is 35.0 Å². The van der Waals surface area contributed by atoms with Crippen molar-refractivity contribution in [3.63, 3.8) is 0 Å². The summed E-state index contributed by atoms with van der Waals surface area (Å²) < 4.78 is 1.55. The van der Waals surface area contributed by atoms with Gasteiger partial charge >= 0.3 is 0 Å². The van der Waals surface area contributed by atoms with E-state index in [1.807, 2.05) is 19.1 Å². The van der Waals surface area contributed by atoms with E-state index in [-0.39, 0.29) is 11.6 Å². The molecule has 0 saturated carbocycles. The fourth-order valence-electron chi connectivity index (χ4n) is 2.58. The van der Waals surface area contributed by atoms with Crippen molar-refractivity contribution in [2.75, 3.05) is 5.32 Å². The molecule has 0 saturated heterocycles. The lowest BCUT2D eigenvalue weighted by Gasteiger charge is -2.09. The zero-order valence-corrected chi connectivity index (χ0v) is 14.5. The summed E-state index contributed by atoms with van der Waals surface area (Å²) in [5, 5.41) is 18.0. The number of nitro benzene ring substituents is 1. The molecule has 1 amide bonds. The van der Waals surface area contributed by atoms with E-state index in [0.29, 0.717) is 17.1 Å². The number of non-ortho nitro benzene ring substituents is 1. The van der Waals surface area contributed by atoms with Gasteiger partial charge in [-0.2, -0.15) is 5.10 Å². The predicted octanol–water partition coefficient (Wildman–Crippen LogP) is 3.90. The molecule has 0 aliphatic heterocycles. The monoisotopic (exact) mass is 350 g/mol. The maximum Gasteiger partial charge on any atom is 0.269 e. The first-order valence-electron chi connectivity index (χ1n) is 8.19. The van der Waals surface area contributed by atoms with Crippen molar-refractivity contribution in [2.24, 2.45) is 0 Å². The number of nitro groups is 1. The molecule has 0 aliphatic rings. The SMILES string of the molecule is CCc1ccc(C(=O)Nc2cc(C)nn2-c2ccc([N+](=O)[O-])cc2)cc1. The normalized spacial score (nSPS) is 10.5. The first-order valence-corrected chi connectivity index (χ1v) is 8.19. The third-order valence-electron chi connectivity index (χ3n) is 4.00. The third-order valence-corrected chi connectivity index (χ3v) is 4.00. The van der Waals surface area contributed by atoms with Gasteiger partial charge in [-0.1, -0.05) is 19.1 Å². The second-order valence-corrected chi connectivity index (χ2v) is 5.86. The van der Waals surface area contributed by atoms with Crippen LogP contribution in [0.15, 0.2) is 54.6 Å². The highest BCUT2D eigenvalue weighted by molar-refractivity contribution is 6.04. The van der Waals surface area contributed by atoms with Crippen LogP contribution in [0.4, 0.5) is 11.5 Å². The minimum atomic E-state index is -0.458. The summed E-state index contributed by atoms with van der Waals surface area (Å²) in [7, 11) is 0. The first kappa shape index (κ1) is 17.3. The number of hydrogen-bond acceptors (Lipinski definition) is 4. The van der Waals surface area contributed by atoms with Crippen molar-refractivity contribution in [3.8, 4) is 5.69 Å². The standard InChI is InChI=1S/C19H18N4O3/c1-3-14-4-6-15(7-5-14)19(24)20-18-12-13(2)21-22(18)16-8-10-17(11-9-16)23(25)26/h4-12H,3H2,1-2H3,(H,20,24). The highest BCUT2D eigenvalue weighted by Gasteiger charge is 2.13. The highest BCUT2D eigenvalue weighted by atomic mass is 16.6. The molecule has 3 rings (SSSR count). The van der Waals surface area contributed by atoms with E-state index in [1.165, 1.54) is 12.1 Å². The van der Waals surface area contributed by atoms with Crippen LogP contribution in [-0.2, 0) is 6.42 Å². The summed E-state index contributed by atoms with van der Waals surface area (Å²) in [4.78, 5) is 22.8. The van der Waals surface area contributed by atoms with Crippen LogP contribution < -0.4 is 5.32 Å². The summed E-state index contributed by atoms with van der Waals surface area (Å²) in [6.07, 6.45) is 0.911. The molecule has 1 heterocycles. The topological polar surface area (TPSA) is 90.1 Å². The Hall–Kier alpha value is -3.48. The average Bonchev–Trinajstić information content (AvgIpc) is 3.02. The van der Waals surface area contributed by atoms with E-state index < -0.39 is 4.92 Å². The molecule has 0 radical (unpaired) electrons. The molecular formula is C19H18N4O3. The molecule has 7 nitrogen and oxygen atoms in total. The van der Waals surface area contributed by atoms with Gasteiger partial charge in [-0.3, -0.25) is 14.9 Å². The molecule has 0 spiro atoms. The van der Waals surface area contributed by atoms with E-state index >= 15 is 0 Å². The van der Waals surface area contributed by atoms with Crippen LogP contribution in [0.25, 0.3) is 5.69 Å². The Balaban J connectivity index is 1.86. The molecule has 0 aliphatic carbocycles. The Kier molecular flexibility index (Phi) is 4.79. The van der Waals surface area contributed by atoms with Crippen molar-refractivity contribution in [1.29, 1.82) is 0 Å². The molecule has 0 atom stereocenters. The van der Waals surface area contributed by atoms with Gasteiger partial charge in [-0.15, -0.1) is 0 Å². The number of benzene rings is 2. The van der Waals surface area contributed by atoms with Crippen LogP contribution in [0.3, 0.4) is 0 Å². The number of aromatic nitrogens is 2. The Morgan fingerprint density at radius 3 is 2.38 bits per heavy atom. The molecule has 0 bridgehead atoms. The lowest BCUT2D eigenvalue weighted by Crippen LogP contribution is -2.15. The second kappa shape index (κ2) is 7.18. The quantitative estimate of drug-likeness (QED) is 0.558. The predicted molar refractivity (Wildman–Crippen MR) is 98.7 cm³/mol. The van der Waals surface area contributed by atoms with Gasteiger partial charge < -0.3 is 5.32 Å². The number of hydrogen-bond donors (Lipinski definition) is 1. The van der Waals surface area contributed by atoms with Crippen LogP contribution in [0.5, 0.6) is 0 Å². The van der Waals surface area contributed by atoms with Crippen molar-refractivity contribution >= 4 is 17.4 Å². The molecule has 2 aromatic carbocycles. The number of amides is 1. The number of nitrogens with zero attached hydrogens (tertiary/aromatic N) is 3. The summed E-state index contributed by atoms with van der Waals surface area (Å²) in [5.41, 5.74) is 3.06. The van der Waals surface area contributed by atoms with Gasteiger partial charge in [0, 0.05) is 23.8 Å². The lowest BCUT2D eigenvalue weighted by molar-refractivity contribution is -0.384.